The molecule has 3 rings (SSSR count). The fraction of sp³-hybridized carbons (Fsp3) is 0.300. The van der Waals surface area contributed by atoms with E-state index in [0.29, 0.717) is 22.4 Å². The average molecular weight is 470 g/mol. The second-order valence-electron chi connectivity index (χ2n) is 6.96. The number of nitrogens with one attached hydrogen (secondary N) is 2. The van der Waals surface area contributed by atoms with E-state index < -0.39 is 33.2 Å². The maximum absolute atomic E-state index is 14.8. The highest BCUT2D eigenvalue weighted by Crippen LogP contribution is 2.29. The summed E-state index contributed by atoms with van der Waals surface area (Å²) in [5.41, 5.74) is 1.97. The first kappa shape index (κ1) is 23.0. The monoisotopic (exact) mass is 469 g/mol. The van der Waals surface area contributed by atoms with Crippen LogP contribution in [-0.4, -0.2) is 44.8 Å². The number of hydrogen-bond donors (Lipinski definition) is 2. The van der Waals surface area contributed by atoms with Crippen LogP contribution in [0, 0.1) is 5.82 Å². The molecular weight excluding hydrogens is 449 g/mol. The fourth-order valence-electron chi connectivity index (χ4n) is 3.04. The molecule has 1 saturated heterocycles. The normalized spacial score (nSPS) is 16.3. The van der Waals surface area contributed by atoms with Gasteiger partial charge in [0, 0.05) is 19.0 Å². The number of carbonyl (C=O) groups excluding carboxylic acids is 2. The van der Waals surface area contributed by atoms with Crippen molar-refractivity contribution in [3.8, 4) is 11.1 Å². The van der Waals surface area contributed by atoms with Crippen LogP contribution in [0.1, 0.15) is 12.5 Å². The lowest BCUT2D eigenvalue weighted by Crippen LogP contribution is -2.33. The first-order valence-electron chi connectivity index (χ1n) is 9.33. The first-order valence-corrected chi connectivity index (χ1v) is 11.5. The molecule has 166 valence electrons. The quantitative estimate of drug-likeness (QED) is 0.578. The van der Waals surface area contributed by atoms with Crippen LogP contribution in [0.25, 0.3) is 11.1 Å². The molecule has 2 aromatic rings. The number of ether oxygens (including phenoxy) is 1. The smallest absolute Gasteiger partial charge is 0.414 e. The van der Waals surface area contributed by atoms with E-state index in [1.54, 1.807) is 36.4 Å². The van der Waals surface area contributed by atoms with Gasteiger partial charge in [0.2, 0.25) is 15.9 Å². The fourth-order valence-corrected chi connectivity index (χ4v) is 3.73. The topological polar surface area (TPSA) is 105 Å². The van der Waals surface area contributed by atoms with Crippen molar-refractivity contribution in [2.75, 3.05) is 23.2 Å². The number of anilines is 1. The van der Waals surface area contributed by atoms with E-state index in [4.69, 9.17) is 16.3 Å². The van der Waals surface area contributed by atoms with Gasteiger partial charge in [-0.2, -0.15) is 0 Å². The highest BCUT2D eigenvalue weighted by atomic mass is 35.5. The molecular formula is C20H21ClFN3O5S. The number of rotatable bonds is 8. The summed E-state index contributed by atoms with van der Waals surface area (Å²) < 4.78 is 45.1. The van der Waals surface area contributed by atoms with E-state index >= 15 is 0 Å². The number of sulfonamides is 1. The molecule has 0 aliphatic carbocycles. The second-order valence-corrected chi connectivity index (χ2v) is 9.35. The van der Waals surface area contributed by atoms with Gasteiger partial charge in [0.05, 0.1) is 18.8 Å². The maximum atomic E-state index is 14.8. The highest BCUT2D eigenvalue weighted by molar-refractivity contribution is 7.90. The van der Waals surface area contributed by atoms with E-state index in [-0.39, 0.29) is 25.5 Å². The van der Waals surface area contributed by atoms with Crippen molar-refractivity contribution in [2.45, 2.75) is 19.6 Å². The van der Waals surface area contributed by atoms with Crippen LogP contribution in [0.2, 0.25) is 0 Å². The molecule has 2 amide bonds. The predicted octanol–water partition coefficient (Wildman–Crippen LogP) is 2.57. The van der Waals surface area contributed by atoms with Gasteiger partial charge in [-0.05, 0) is 29.3 Å². The zero-order valence-electron chi connectivity index (χ0n) is 16.6. The Kier molecular flexibility index (Phi) is 7.14. The minimum Gasteiger partial charge on any atom is -0.442 e. The van der Waals surface area contributed by atoms with Gasteiger partial charge in [-0.15, -0.1) is 11.6 Å². The SMILES string of the molecule is CC(=O)NC[C@H]1CN(c2ccc(-c3ccc(CNS(=O)(=O)CCl)cc3)c(F)c2)C(=O)O1. The van der Waals surface area contributed by atoms with E-state index in [1.165, 1.54) is 17.9 Å². The molecule has 1 aliphatic heterocycles. The molecule has 0 unspecified atom stereocenters. The molecule has 8 nitrogen and oxygen atoms in total. The van der Waals surface area contributed by atoms with Crippen molar-refractivity contribution >= 4 is 39.3 Å². The Balaban J connectivity index is 1.69. The van der Waals surface area contributed by atoms with Gasteiger partial charge >= 0.3 is 6.09 Å². The number of carbonyl (C=O) groups is 2. The van der Waals surface area contributed by atoms with E-state index in [1.807, 2.05) is 0 Å². The van der Waals surface area contributed by atoms with Crippen LogP contribution in [0.5, 0.6) is 0 Å². The number of cyclic esters (lactones) is 1. The molecule has 1 heterocycles. The predicted molar refractivity (Wildman–Crippen MR) is 115 cm³/mol. The summed E-state index contributed by atoms with van der Waals surface area (Å²) in [7, 11) is -3.52. The molecule has 11 heteroatoms. The van der Waals surface area contributed by atoms with Gasteiger partial charge in [0.15, 0.2) is 0 Å². The first-order chi connectivity index (χ1) is 14.7. The van der Waals surface area contributed by atoms with E-state index in [9.17, 15) is 22.4 Å². The molecule has 0 spiro atoms. The minimum absolute atomic E-state index is 0.0769. The molecule has 31 heavy (non-hydrogen) atoms. The summed E-state index contributed by atoms with van der Waals surface area (Å²) >= 11 is 5.35. The number of alkyl halides is 1. The maximum Gasteiger partial charge on any atom is 0.414 e. The lowest BCUT2D eigenvalue weighted by molar-refractivity contribution is -0.119. The van der Waals surface area contributed by atoms with Gasteiger partial charge in [-0.1, -0.05) is 24.3 Å². The van der Waals surface area contributed by atoms with Gasteiger partial charge in [0.1, 0.15) is 17.1 Å². The van der Waals surface area contributed by atoms with Crippen LogP contribution < -0.4 is 14.9 Å². The van der Waals surface area contributed by atoms with E-state index in [2.05, 4.69) is 10.0 Å². The van der Waals surface area contributed by atoms with Crippen molar-refractivity contribution in [3.63, 3.8) is 0 Å². The number of nitrogens with zero attached hydrogens (tertiary/aromatic N) is 1. The van der Waals surface area contributed by atoms with Crippen molar-refractivity contribution in [2.24, 2.45) is 0 Å². The molecule has 0 radical (unpaired) electrons. The van der Waals surface area contributed by atoms with Crippen LogP contribution in [0.15, 0.2) is 42.5 Å². The van der Waals surface area contributed by atoms with Crippen molar-refractivity contribution in [3.05, 3.63) is 53.8 Å². The summed E-state index contributed by atoms with van der Waals surface area (Å²) in [6.45, 7) is 1.83. The van der Waals surface area contributed by atoms with Crippen molar-refractivity contribution < 1.29 is 27.1 Å². The summed E-state index contributed by atoms with van der Waals surface area (Å²) in [6.07, 6.45) is -1.12. The summed E-state index contributed by atoms with van der Waals surface area (Å²) in [4.78, 5) is 24.4. The number of hydrogen-bond acceptors (Lipinski definition) is 5. The van der Waals surface area contributed by atoms with E-state index in [0.717, 1.165) is 0 Å². The molecule has 2 aromatic carbocycles. The number of benzene rings is 2. The third-order valence-electron chi connectivity index (χ3n) is 4.62. The van der Waals surface area contributed by atoms with Crippen LogP contribution in [0.3, 0.4) is 0 Å². The Morgan fingerprint density at radius 3 is 2.58 bits per heavy atom. The molecule has 1 aliphatic rings. The summed E-state index contributed by atoms with van der Waals surface area (Å²) in [5.74, 6) is -0.751. The van der Waals surface area contributed by atoms with Crippen molar-refractivity contribution in [1.82, 2.24) is 10.0 Å². The highest BCUT2D eigenvalue weighted by Gasteiger charge is 2.32. The molecule has 0 saturated carbocycles. The zero-order valence-corrected chi connectivity index (χ0v) is 18.2. The third-order valence-corrected chi connectivity index (χ3v) is 6.36. The average Bonchev–Trinajstić information content (AvgIpc) is 3.12. The molecule has 1 fully saturated rings. The van der Waals surface area contributed by atoms with Crippen LogP contribution in [-0.2, 0) is 26.1 Å². The lowest BCUT2D eigenvalue weighted by Gasteiger charge is -2.15. The summed E-state index contributed by atoms with van der Waals surface area (Å²) in [6, 6.07) is 11.1. The number of amides is 2. The Morgan fingerprint density at radius 2 is 1.97 bits per heavy atom. The van der Waals surface area contributed by atoms with Crippen molar-refractivity contribution in [1.29, 1.82) is 0 Å². The Morgan fingerprint density at radius 1 is 1.26 bits per heavy atom. The number of halogens is 2. The molecule has 0 bridgehead atoms. The molecule has 0 aromatic heterocycles. The summed E-state index contributed by atoms with van der Waals surface area (Å²) in [5, 5.41) is 2.06. The van der Waals surface area contributed by atoms with Gasteiger partial charge in [-0.25, -0.2) is 22.3 Å². The van der Waals surface area contributed by atoms with Gasteiger partial charge in [-0.3, -0.25) is 9.69 Å². The Hall–Kier alpha value is -2.69. The minimum atomic E-state index is -3.52. The van der Waals surface area contributed by atoms with Gasteiger partial charge in [0.25, 0.3) is 0 Å². The van der Waals surface area contributed by atoms with Gasteiger partial charge < -0.3 is 10.1 Å². The standard InChI is InChI=1S/C20H21ClFN3O5S/c1-13(26)23-10-17-11-25(20(27)30-17)16-6-7-18(19(22)8-16)15-4-2-14(3-5-15)9-24-31(28,29)12-21/h2-8,17,24H,9-12H2,1H3,(H,23,26)/t17-/m0/s1. The Labute approximate surface area is 184 Å². The Bertz CT molecular complexity index is 1080. The third kappa shape index (κ3) is 5.93. The second kappa shape index (κ2) is 9.63. The molecule has 2 N–H and O–H groups in total. The lowest BCUT2D eigenvalue weighted by atomic mass is 10.0. The molecule has 1 atom stereocenters. The zero-order chi connectivity index (χ0) is 22.6. The largest absolute Gasteiger partial charge is 0.442 e. The van der Waals surface area contributed by atoms with Crippen LogP contribution >= 0.6 is 11.6 Å². The van der Waals surface area contributed by atoms with Crippen LogP contribution in [0.4, 0.5) is 14.9 Å².